The van der Waals surface area contributed by atoms with E-state index in [4.69, 9.17) is 9.47 Å². The van der Waals surface area contributed by atoms with Crippen LogP contribution in [0, 0.1) is 0 Å². The molecule has 4 heterocycles. The molecular weight excluding hydrogens is 298 g/mol. The summed E-state index contributed by atoms with van der Waals surface area (Å²) in [6, 6.07) is 0. The summed E-state index contributed by atoms with van der Waals surface area (Å²) in [5.41, 5.74) is 1.37. The molecule has 0 aromatic carbocycles. The number of ether oxygens (including phenoxy) is 2. The lowest BCUT2D eigenvalue weighted by Gasteiger charge is -2.40. The van der Waals surface area contributed by atoms with Crippen molar-refractivity contribution in [3.05, 3.63) is 16.8 Å². The highest BCUT2D eigenvalue weighted by molar-refractivity contribution is 7.19. The minimum Gasteiger partial charge on any atom is -0.378 e. The van der Waals surface area contributed by atoms with Gasteiger partial charge in [0.1, 0.15) is 22.6 Å². The highest BCUT2D eigenvalue weighted by Crippen LogP contribution is 2.41. The van der Waals surface area contributed by atoms with Gasteiger partial charge in [-0.15, -0.1) is 11.3 Å². The maximum Gasteiger partial charge on any atom is 0.141 e. The fourth-order valence-electron chi connectivity index (χ4n) is 4.00. The van der Waals surface area contributed by atoms with Crippen LogP contribution < -0.4 is 4.90 Å². The third-order valence-electron chi connectivity index (χ3n) is 5.10. The number of hydrogen-bond donors (Lipinski definition) is 0. The molecule has 1 aliphatic carbocycles. The maximum atomic E-state index is 6.06. The van der Waals surface area contributed by atoms with E-state index in [9.17, 15) is 0 Å². The van der Waals surface area contributed by atoms with Crippen LogP contribution in [-0.2, 0) is 22.3 Å². The zero-order chi connectivity index (χ0) is 14.6. The number of nitrogens with zero attached hydrogens (tertiary/aromatic N) is 3. The van der Waals surface area contributed by atoms with Crippen LogP contribution in [0.2, 0.25) is 0 Å². The Bertz CT molecular complexity index is 723. The van der Waals surface area contributed by atoms with Gasteiger partial charge >= 0.3 is 0 Å². The molecule has 2 saturated heterocycles. The second-order valence-corrected chi connectivity index (χ2v) is 7.57. The van der Waals surface area contributed by atoms with Crippen molar-refractivity contribution in [2.75, 3.05) is 37.8 Å². The summed E-state index contributed by atoms with van der Waals surface area (Å²) < 4.78 is 11.6. The molecule has 2 aromatic rings. The lowest BCUT2D eigenvalue weighted by atomic mass is 10.0. The van der Waals surface area contributed by atoms with Crippen molar-refractivity contribution < 1.29 is 9.47 Å². The Morgan fingerprint density at radius 3 is 3.14 bits per heavy atom. The largest absolute Gasteiger partial charge is 0.378 e. The number of fused-ring (bicyclic) bond motifs is 3. The molecule has 22 heavy (non-hydrogen) atoms. The van der Waals surface area contributed by atoms with Crippen LogP contribution in [0.1, 0.15) is 23.3 Å². The van der Waals surface area contributed by atoms with Gasteiger partial charge in [0.15, 0.2) is 0 Å². The van der Waals surface area contributed by atoms with E-state index < -0.39 is 0 Å². The van der Waals surface area contributed by atoms with E-state index in [-0.39, 0.29) is 5.60 Å². The Hall–Kier alpha value is -1.24. The monoisotopic (exact) mass is 317 g/mol. The third kappa shape index (κ3) is 1.90. The Kier molecular flexibility index (Phi) is 2.93. The van der Waals surface area contributed by atoms with E-state index >= 15 is 0 Å². The Morgan fingerprint density at radius 2 is 2.23 bits per heavy atom. The number of aryl methyl sites for hydroxylation is 2. The number of hydrogen-bond acceptors (Lipinski definition) is 6. The first-order valence-electron chi connectivity index (χ1n) is 8.07. The van der Waals surface area contributed by atoms with Crippen LogP contribution in [0.25, 0.3) is 10.2 Å². The average molecular weight is 317 g/mol. The van der Waals surface area contributed by atoms with Gasteiger partial charge in [-0.1, -0.05) is 0 Å². The van der Waals surface area contributed by atoms with Crippen LogP contribution in [0.4, 0.5) is 5.82 Å². The normalized spacial score (nSPS) is 27.9. The topological polar surface area (TPSA) is 47.5 Å². The maximum absolute atomic E-state index is 6.06. The summed E-state index contributed by atoms with van der Waals surface area (Å²) >= 11 is 1.85. The van der Waals surface area contributed by atoms with E-state index in [1.54, 1.807) is 6.33 Å². The lowest BCUT2D eigenvalue weighted by molar-refractivity contribution is -0.0580. The molecule has 0 bridgehead atoms. The molecule has 1 unspecified atom stereocenters. The molecule has 5 rings (SSSR count). The number of anilines is 1. The van der Waals surface area contributed by atoms with Gasteiger partial charge in [-0.25, -0.2) is 9.97 Å². The van der Waals surface area contributed by atoms with E-state index in [1.165, 1.54) is 35.1 Å². The molecule has 116 valence electrons. The lowest BCUT2D eigenvalue weighted by Crippen LogP contribution is -2.52. The first-order chi connectivity index (χ1) is 10.8. The molecule has 0 amide bonds. The molecule has 0 radical (unpaired) electrons. The molecule has 2 fully saturated rings. The van der Waals surface area contributed by atoms with Crippen molar-refractivity contribution in [1.82, 2.24) is 9.97 Å². The van der Waals surface area contributed by atoms with Crippen molar-refractivity contribution in [1.29, 1.82) is 0 Å². The summed E-state index contributed by atoms with van der Waals surface area (Å²) in [5.74, 6) is 1.11. The van der Waals surface area contributed by atoms with Gasteiger partial charge in [0.2, 0.25) is 0 Å². The molecule has 2 aromatic heterocycles. The quantitative estimate of drug-likeness (QED) is 0.807. The molecule has 0 saturated carbocycles. The standard InChI is InChI=1S/C16H19N3O2S/c1-2-11-12(3-1)22-15-13(11)14(17-10-18-15)19-5-7-21-16(8-19)4-6-20-9-16/h10H,1-9H2. The van der Waals surface area contributed by atoms with Gasteiger partial charge in [-0.3, -0.25) is 0 Å². The Balaban J connectivity index is 1.58. The first-order valence-corrected chi connectivity index (χ1v) is 8.88. The summed E-state index contributed by atoms with van der Waals surface area (Å²) in [5, 5.41) is 1.30. The highest BCUT2D eigenvalue weighted by Gasteiger charge is 2.41. The van der Waals surface area contributed by atoms with E-state index in [0.717, 1.165) is 43.4 Å². The van der Waals surface area contributed by atoms with Gasteiger partial charge < -0.3 is 14.4 Å². The molecular formula is C16H19N3O2S. The van der Waals surface area contributed by atoms with Crippen LogP contribution in [0.3, 0.4) is 0 Å². The second kappa shape index (κ2) is 4.88. The minimum absolute atomic E-state index is 0.130. The summed E-state index contributed by atoms with van der Waals surface area (Å²) in [4.78, 5) is 14.2. The number of thiophene rings is 1. The number of morpholine rings is 1. The predicted octanol–water partition coefficient (Wildman–Crippen LogP) is 2.18. The second-order valence-electron chi connectivity index (χ2n) is 6.49. The van der Waals surface area contributed by atoms with Crippen molar-refractivity contribution >= 4 is 27.4 Å². The smallest absolute Gasteiger partial charge is 0.141 e. The predicted molar refractivity (Wildman–Crippen MR) is 85.8 cm³/mol. The molecule has 3 aliphatic rings. The van der Waals surface area contributed by atoms with Crippen LogP contribution in [0.15, 0.2) is 6.33 Å². The number of aromatic nitrogens is 2. The fraction of sp³-hybridized carbons (Fsp3) is 0.625. The molecule has 6 heteroatoms. The summed E-state index contributed by atoms with van der Waals surface area (Å²) in [6.45, 7) is 4.05. The summed E-state index contributed by atoms with van der Waals surface area (Å²) in [7, 11) is 0. The van der Waals surface area contributed by atoms with Gasteiger partial charge in [-0.2, -0.15) is 0 Å². The zero-order valence-electron chi connectivity index (χ0n) is 12.5. The highest BCUT2D eigenvalue weighted by atomic mass is 32.1. The fourth-order valence-corrected chi connectivity index (χ4v) is 5.23. The van der Waals surface area contributed by atoms with Crippen LogP contribution in [0.5, 0.6) is 0 Å². The van der Waals surface area contributed by atoms with Crippen LogP contribution >= 0.6 is 11.3 Å². The molecule has 0 N–H and O–H groups in total. The van der Waals surface area contributed by atoms with Gasteiger partial charge in [0.25, 0.3) is 0 Å². The van der Waals surface area contributed by atoms with Crippen LogP contribution in [-0.4, -0.2) is 48.5 Å². The van der Waals surface area contributed by atoms with Crippen molar-refractivity contribution in [2.24, 2.45) is 0 Å². The molecule has 5 nitrogen and oxygen atoms in total. The minimum atomic E-state index is -0.130. The molecule has 1 atom stereocenters. The van der Waals surface area contributed by atoms with Gasteiger partial charge in [0.05, 0.1) is 25.1 Å². The van der Waals surface area contributed by atoms with E-state index in [0.29, 0.717) is 6.61 Å². The van der Waals surface area contributed by atoms with Crippen molar-refractivity contribution in [2.45, 2.75) is 31.3 Å². The average Bonchev–Trinajstić information content (AvgIpc) is 3.23. The van der Waals surface area contributed by atoms with Crippen molar-refractivity contribution in [3.8, 4) is 0 Å². The first kappa shape index (κ1) is 13.2. The zero-order valence-corrected chi connectivity index (χ0v) is 13.3. The molecule has 2 aliphatic heterocycles. The van der Waals surface area contributed by atoms with E-state index in [2.05, 4.69) is 14.9 Å². The van der Waals surface area contributed by atoms with Crippen molar-refractivity contribution in [3.63, 3.8) is 0 Å². The molecule has 1 spiro atoms. The van der Waals surface area contributed by atoms with Gasteiger partial charge in [-0.05, 0) is 24.8 Å². The summed E-state index contributed by atoms with van der Waals surface area (Å²) in [6.07, 6.45) is 6.35. The Morgan fingerprint density at radius 1 is 1.23 bits per heavy atom. The van der Waals surface area contributed by atoms with E-state index in [1.807, 2.05) is 11.3 Å². The SMILES string of the molecule is c1nc(N2CCOC3(CCOC3)C2)c2c3c(sc2n1)CCC3. The Labute approximate surface area is 133 Å². The van der Waals surface area contributed by atoms with Gasteiger partial charge in [0, 0.05) is 24.4 Å². The third-order valence-corrected chi connectivity index (χ3v) is 6.30. The number of rotatable bonds is 1.